The van der Waals surface area contributed by atoms with Gasteiger partial charge in [0.15, 0.2) is 0 Å². The van der Waals surface area contributed by atoms with E-state index < -0.39 is 25.4 Å². The molecular weight excluding hydrogens is 486 g/mol. The van der Waals surface area contributed by atoms with E-state index in [4.69, 9.17) is 9.31 Å². The van der Waals surface area contributed by atoms with Crippen molar-refractivity contribution in [3.63, 3.8) is 0 Å². The zero-order valence-electron chi connectivity index (χ0n) is 21.0. The van der Waals surface area contributed by atoms with Crippen LogP contribution in [-0.2, 0) is 20.0 Å². The van der Waals surface area contributed by atoms with Gasteiger partial charge < -0.3 is 13.9 Å². The molecule has 0 bridgehead atoms. The number of rotatable bonds is 6. The molecular formula is C33H29BO3P-. The Morgan fingerprint density at radius 1 is 0.500 bits per heavy atom. The molecule has 0 aliphatic carbocycles. The van der Waals surface area contributed by atoms with E-state index >= 15 is 4.57 Å². The van der Waals surface area contributed by atoms with Crippen molar-refractivity contribution >= 4 is 24.6 Å². The van der Waals surface area contributed by atoms with E-state index in [1.54, 1.807) is 0 Å². The Labute approximate surface area is 224 Å². The number of benzene rings is 5. The first kappa shape index (κ1) is 24.6. The van der Waals surface area contributed by atoms with Crippen LogP contribution in [0.25, 0.3) is 0 Å². The molecule has 2 unspecified atom stereocenters. The van der Waals surface area contributed by atoms with Crippen LogP contribution in [0, 0.1) is 0 Å². The molecule has 0 amide bonds. The highest BCUT2D eigenvalue weighted by atomic mass is 31.2. The fourth-order valence-corrected chi connectivity index (χ4v) is 9.04. The Morgan fingerprint density at radius 3 is 1.24 bits per heavy atom. The van der Waals surface area contributed by atoms with Gasteiger partial charge >= 0.3 is 0 Å². The van der Waals surface area contributed by atoms with Crippen molar-refractivity contribution in [1.29, 1.82) is 0 Å². The van der Waals surface area contributed by atoms with Gasteiger partial charge in [-0.2, -0.15) is 0 Å². The highest BCUT2D eigenvalue weighted by Gasteiger charge is 2.52. The fourth-order valence-electron chi connectivity index (χ4n) is 5.58. The maximum atomic E-state index is 15.6. The predicted molar refractivity (Wildman–Crippen MR) is 156 cm³/mol. The van der Waals surface area contributed by atoms with Crippen molar-refractivity contribution in [3.8, 4) is 0 Å². The summed E-state index contributed by atoms with van der Waals surface area (Å²) in [5, 5.41) is 0. The SMILES string of the molecule is O=P1(Cc2ccccc2)C(c2ccccc2)O[B-](c2ccccc2)(c2ccccc2)OC1c1ccccc1. The van der Waals surface area contributed by atoms with E-state index in [1.165, 1.54) is 0 Å². The smallest absolute Gasteiger partial charge is 0.300 e. The molecule has 1 saturated heterocycles. The molecule has 1 heterocycles. The Bertz CT molecular complexity index is 1420. The Balaban J connectivity index is 1.61. The Morgan fingerprint density at radius 2 is 0.842 bits per heavy atom. The lowest BCUT2D eigenvalue weighted by Crippen LogP contribution is -2.65. The normalized spacial score (nSPS) is 22.5. The zero-order chi connectivity index (χ0) is 25.8. The van der Waals surface area contributed by atoms with E-state index in [9.17, 15) is 0 Å². The molecule has 5 aromatic carbocycles. The molecule has 3 nitrogen and oxygen atoms in total. The van der Waals surface area contributed by atoms with E-state index in [0.717, 1.165) is 27.6 Å². The summed E-state index contributed by atoms with van der Waals surface area (Å²) in [6, 6.07) is 50.2. The van der Waals surface area contributed by atoms with E-state index in [2.05, 4.69) is 0 Å². The van der Waals surface area contributed by atoms with Crippen molar-refractivity contribution in [2.45, 2.75) is 17.9 Å². The minimum atomic E-state index is -3.25. The standard InChI is InChI=1S/C33H29BO3P/c35-38(26-27-16-6-1-7-17-27)32(28-18-8-2-9-19-28)36-34(30-22-12-4-13-23-30,31-24-14-5-15-25-31)37-33(38)29-20-10-3-11-21-29/h1-25,32-33H,26H2/q-1. The summed E-state index contributed by atoms with van der Waals surface area (Å²) >= 11 is 0. The average Bonchev–Trinajstić information content (AvgIpc) is 3.00. The van der Waals surface area contributed by atoms with Crippen molar-refractivity contribution in [2.75, 3.05) is 0 Å². The van der Waals surface area contributed by atoms with Crippen LogP contribution in [0.2, 0.25) is 0 Å². The summed E-state index contributed by atoms with van der Waals surface area (Å²) < 4.78 is 29.9. The lowest BCUT2D eigenvalue weighted by atomic mass is 9.46. The first-order chi connectivity index (χ1) is 18.7. The molecule has 6 rings (SSSR count). The predicted octanol–water partition coefficient (Wildman–Crippen LogP) is 7.25. The van der Waals surface area contributed by atoms with Gasteiger partial charge in [0, 0.05) is 6.16 Å². The van der Waals surface area contributed by atoms with Crippen LogP contribution in [0.3, 0.4) is 0 Å². The second kappa shape index (κ2) is 10.6. The minimum absolute atomic E-state index is 0.364. The third-order valence-corrected chi connectivity index (χ3v) is 10.6. The maximum Gasteiger partial charge on any atom is 0.300 e. The summed E-state index contributed by atoms with van der Waals surface area (Å²) in [7, 11) is -3.25. The molecule has 1 aliphatic heterocycles. The summed E-state index contributed by atoms with van der Waals surface area (Å²) in [5.41, 5.74) is 4.64. The maximum absolute atomic E-state index is 15.6. The molecule has 5 heteroatoms. The first-order valence-electron chi connectivity index (χ1n) is 13.0. The van der Waals surface area contributed by atoms with Gasteiger partial charge in [-0.1, -0.05) is 152 Å². The summed E-state index contributed by atoms with van der Waals surface area (Å²) in [6.07, 6.45) is 0.364. The molecule has 0 spiro atoms. The van der Waals surface area contributed by atoms with Crippen LogP contribution in [0.4, 0.5) is 0 Å². The van der Waals surface area contributed by atoms with E-state index in [0.29, 0.717) is 6.16 Å². The molecule has 38 heavy (non-hydrogen) atoms. The minimum Gasteiger partial charge on any atom is -0.549 e. The van der Waals surface area contributed by atoms with Gasteiger partial charge in [-0.3, -0.25) is 0 Å². The van der Waals surface area contributed by atoms with Crippen molar-refractivity contribution in [3.05, 3.63) is 168 Å². The van der Waals surface area contributed by atoms with Crippen LogP contribution >= 0.6 is 7.14 Å². The van der Waals surface area contributed by atoms with Gasteiger partial charge in [0.1, 0.15) is 7.14 Å². The van der Waals surface area contributed by atoms with Gasteiger partial charge in [-0.15, -0.1) is 10.9 Å². The topological polar surface area (TPSA) is 35.5 Å². The molecule has 2 atom stereocenters. The summed E-state index contributed by atoms with van der Waals surface area (Å²) in [6.45, 7) is -2.18. The van der Waals surface area contributed by atoms with Gasteiger partial charge in [0.25, 0.3) is 6.55 Å². The molecule has 1 aliphatic rings. The summed E-state index contributed by atoms with van der Waals surface area (Å²) in [5.74, 6) is -1.33. The lowest BCUT2D eigenvalue weighted by Gasteiger charge is -2.56. The zero-order valence-corrected chi connectivity index (χ0v) is 21.9. The largest absolute Gasteiger partial charge is 0.549 e. The van der Waals surface area contributed by atoms with E-state index in [1.807, 2.05) is 152 Å². The monoisotopic (exact) mass is 515 g/mol. The molecule has 0 N–H and O–H groups in total. The quantitative estimate of drug-likeness (QED) is 0.177. The average molecular weight is 515 g/mol. The summed E-state index contributed by atoms with van der Waals surface area (Å²) in [4.78, 5) is 0. The molecule has 0 saturated carbocycles. The fraction of sp³-hybridized carbons (Fsp3) is 0.0909. The highest BCUT2D eigenvalue weighted by molar-refractivity contribution is 7.63. The Hall–Kier alpha value is -3.69. The number of hydrogen-bond donors (Lipinski definition) is 0. The lowest BCUT2D eigenvalue weighted by molar-refractivity contribution is 0.120. The van der Waals surface area contributed by atoms with Crippen LogP contribution in [0.5, 0.6) is 0 Å². The second-order valence-corrected chi connectivity index (χ2v) is 12.8. The van der Waals surface area contributed by atoms with Gasteiger partial charge in [0.05, 0.1) is 11.7 Å². The molecule has 0 aromatic heterocycles. The van der Waals surface area contributed by atoms with Crippen LogP contribution in [-0.4, -0.2) is 6.55 Å². The molecule has 1 fully saturated rings. The van der Waals surface area contributed by atoms with Gasteiger partial charge in [0.2, 0.25) is 0 Å². The third-order valence-electron chi connectivity index (χ3n) is 7.35. The highest BCUT2D eigenvalue weighted by Crippen LogP contribution is 2.74. The molecule has 0 radical (unpaired) electrons. The third kappa shape index (κ3) is 4.57. The van der Waals surface area contributed by atoms with Crippen LogP contribution < -0.4 is 10.9 Å². The Kier molecular flexibility index (Phi) is 6.87. The number of hydrogen-bond acceptors (Lipinski definition) is 3. The van der Waals surface area contributed by atoms with Gasteiger partial charge in [-0.05, 0) is 16.7 Å². The van der Waals surface area contributed by atoms with Crippen LogP contribution in [0.15, 0.2) is 152 Å². The first-order valence-corrected chi connectivity index (χ1v) is 15.1. The van der Waals surface area contributed by atoms with Gasteiger partial charge in [-0.25, -0.2) is 0 Å². The second-order valence-electron chi connectivity index (χ2n) is 9.83. The van der Waals surface area contributed by atoms with Crippen molar-refractivity contribution in [2.24, 2.45) is 0 Å². The van der Waals surface area contributed by atoms with Crippen molar-refractivity contribution < 1.29 is 13.9 Å². The van der Waals surface area contributed by atoms with E-state index in [-0.39, 0.29) is 0 Å². The molecule has 188 valence electrons. The molecule has 5 aromatic rings. The van der Waals surface area contributed by atoms with Crippen molar-refractivity contribution in [1.82, 2.24) is 0 Å². The van der Waals surface area contributed by atoms with Crippen LogP contribution in [0.1, 0.15) is 28.4 Å².